The van der Waals surface area contributed by atoms with E-state index in [2.05, 4.69) is 25.2 Å². The summed E-state index contributed by atoms with van der Waals surface area (Å²) in [6.45, 7) is 2.31. The normalized spacial score (nSPS) is 30.3. The zero-order valence-electron chi connectivity index (χ0n) is 16.9. The molecule has 2 fully saturated rings. The minimum absolute atomic E-state index is 0.846. The molecule has 0 amide bonds. The molecule has 0 bridgehead atoms. The number of allylic oxidation sites excluding steroid dienone is 6. The third-order valence-electron chi connectivity index (χ3n) is 6.56. The van der Waals surface area contributed by atoms with Crippen molar-refractivity contribution in [2.24, 2.45) is 23.7 Å². The number of hydrogen-bond acceptors (Lipinski definition) is 1. The molecule has 2 saturated carbocycles. The fourth-order valence-corrected chi connectivity index (χ4v) is 4.75. The maximum atomic E-state index is 8.44. The molecule has 0 aromatic carbocycles. The van der Waals surface area contributed by atoms with Crippen LogP contribution in [0.3, 0.4) is 0 Å². The van der Waals surface area contributed by atoms with Crippen molar-refractivity contribution in [2.75, 3.05) is 0 Å². The summed E-state index contributed by atoms with van der Waals surface area (Å²) in [4.78, 5) is 0. The molecule has 0 heterocycles. The van der Waals surface area contributed by atoms with Gasteiger partial charge in [0.2, 0.25) is 0 Å². The molecule has 2 rings (SSSR count). The van der Waals surface area contributed by atoms with Gasteiger partial charge in [-0.1, -0.05) is 56.6 Å². The number of hydrogen-bond donors (Lipinski definition) is 0. The standard InChI is InChI=1S/C25H39N/c1-2-3-9-22-11-15-24(16-12-22)19-20-25-17-13-23(14-18-25)10-7-5-4-6-8-21-26/h4-6,8,19-20,22-25H,2-3,7,9-18H2,1H3. The van der Waals surface area contributed by atoms with Crippen LogP contribution in [0.1, 0.15) is 90.4 Å². The summed E-state index contributed by atoms with van der Waals surface area (Å²) in [6.07, 6.45) is 30.9. The number of nitrogens with zero attached hydrogens (tertiary/aromatic N) is 1. The molecule has 0 saturated heterocycles. The van der Waals surface area contributed by atoms with Crippen LogP contribution in [0, 0.1) is 35.0 Å². The Bertz CT molecular complexity index is 477. The van der Waals surface area contributed by atoms with E-state index in [4.69, 9.17) is 5.26 Å². The van der Waals surface area contributed by atoms with Crippen molar-refractivity contribution >= 4 is 0 Å². The van der Waals surface area contributed by atoms with Crippen LogP contribution in [0.5, 0.6) is 0 Å². The molecule has 0 radical (unpaired) electrons. The Morgan fingerprint density at radius 2 is 1.38 bits per heavy atom. The Morgan fingerprint density at radius 3 is 1.92 bits per heavy atom. The Balaban J connectivity index is 1.57. The van der Waals surface area contributed by atoms with Crippen molar-refractivity contribution < 1.29 is 0 Å². The average molecular weight is 354 g/mol. The molecule has 2 aliphatic carbocycles. The van der Waals surface area contributed by atoms with E-state index >= 15 is 0 Å². The van der Waals surface area contributed by atoms with Crippen molar-refractivity contribution in [1.29, 1.82) is 5.26 Å². The van der Waals surface area contributed by atoms with Crippen molar-refractivity contribution in [1.82, 2.24) is 0 Å². The molecule has 26 heavy (non-hydrogen) atoms. The Kier molecular flexibility index (Phi) is 10.5. The molecule has 1 heteroatoms. The Morgan fingerprint density at radius 1 is 0.808 bits per heavy atom. The average Bonchev–Trinajstić information content (AvgIpc) is 2.69. The lowest BCUT2D eigenvalue weighted by atomic mass is 9.77. The first-order valence-corrected chi connectivity index (χ1v) is 11.2. The summed E-state index contributed by atoms with van der Waals surface area (Å²) in [7, 11) is 0. The molecule has 0 spiro atoms. The lowest BCUT2D eigenvalue weighted by molar-refractivity contribution is 0.283. The number of rotatable bonds is 9. The van der Waals surface area contributed by atoms with E-state index in [1.807, 2.05) is 18.2 Å². The SMILES string of the molecule is CCCCC1CCC(C=CC2CCC(CCC=CC=CC#N)CC2)CC1. The fourth-order valence-electron chi connectivity index (χ4n) is 4.75. The zero-order chi connectivity index (χ0) is 18.5. The molecule has 144 valence electrons. The van der Waals surface area contributed by atoms with Crippen LogP contribution in [0.25, 0.3) is 0 Å². The summed E-state index contributed by atoms with van der Waals surface area (Å²) >= 11 is 0. The highest BCUT2D eigenvalue weighted by Crippen LogP contribution is 2.35. The first-order chi connectivity index (χ1) is 12.8. The van der Waals surface area contributed by atoms with Crippen LogP contribution < -0.4 is 0 Å². The predicted octanol–water partition coefficient (Wildman–Crippen LogP) is 7.76. The Hall–Kier alpha value is -1.29. The predicted molar refractivity (Wildman–Crippen MR) is 113 cm³/mol. The van der Waals surface area contributed by atoms with Gasteiger partial charge in [-0.3, -0.25) is 0 Å². The smallest absolute Gasteiger partial charge is 0.0912 e. The van der Waals surface area contributed by atoms with Crippen LogP contribution in [-0.2, 0) is 0 Å². The van der Waals surface area contributed by atoms with E-state index in [9.17, 15) is 0 Å². The number of unbranched alkanes of at least 4 members (excludes halogenated alkanes) is 1. The van der Waals surface area contributed by atoms with Gasteiger partial charge in [-0.05, 0) is 87.9 Å². The molecule has 0 N–H and O–H groups in total. The minimum Gasteiger partial charge on any atom is -0.193 e. The highest BCUT2D eigenvalue weighted by molar-refractivity contribution is 5.11. The summed E-state index contributed by atoms with van der Waals surface area (Å²) in [5, 5.41) is 8.44. The molecule has 0 aromatic rings. The van der Waals surface area contributed by atoms with Crippen LogP contribution in [0.4, 0.5) is 0 Å². The fraction of sp³-hybridized carbons (Fsp3) is 0.720. The molecule has 0 aromatic heterocycles. The van der Waals surface area contributed by atoms with E-state index in [0.717, 1.165) is 30.1 Å². The number of nitriles is 1. The van der Waals surface area contributed by atoms with Gasteiger partial charge in [-0.15, -0.1) is 0 Å². The molecule has 0 unspecified atom stereocenters. The molecule has 0 aliphatic heterocycles. The van der Waals surface area contributed by atoms with Gasteiger partial charge >= 0.3 is 0 Å². The maximum absolute atomic E-state index is 8.44. The lowest BCUT2D eigenvalue weighted by Crippen LogP contribution is -2.15. The van der Waals surface area contributed by atoms with Crippen LogP contribution in [0.15, 0.2) is 36.5 Å². The monoisotopic (exact) mass is 353 g/mol. The second-order valence-electron chi connectivity index (χ2n) is 8.58. The summed E-state index contributed by atoms with van der Waals surface area (Å²) in [6, 6.07) is 2.02. The van der Waals surface area contributed by atoms with Gasteiger partial charge in [-0.25, -0.2) is 0 Å². The van der Waals surface area contributed by atoms with Crippen molar-refractivity contribution in [2.45, 2.75) is 90.4 Å². The quantitative estimate of drug-likeness (QED) is 0.236. The summed E-state index contributed by atoms with van der Waals surface area (Å²) in [5.41, 5.74) is 0. The summed E-state index contributed by atoms with van der Waals surface area (Å²) < 4.78 is 0. The Labute approximate surface area is 162 Å². The lowest BCUT2D eigenvalue weighted by Gasteiger charge is -2.28. The molecule has 1 nitrogen and oxygen atoms in total. The summed E-state index contributed by atoms with van der Waals surface area (Å²) in [5.74, 6) is 3.66. The molecule has 2 aliphatic rings. The van der Waals surface area contributed by atoms with Gasteiger partial charge in [0.15, 0.2) is 0 Å². The van der Waals surface area contributed by atoms with Crippen molar-refractivity contribution in [3.63, 3.8) is 0 Å². The topological polar surface area (TPSA) is 23.8 Å². The highest BCUT2D eigenvalue weighted by atomic mass is 14.3. The minimum atomic E-state index is 0.846. The maximum Gasteiger partial charge on any atom is 0.0912 e. The third-order valence-corrected chi connectivity index (χ3v) is 6.56. The van der Waals surface area contributed by atoms with E-state index in [1.54, 1.807) is 0 Å². The second-order valence-corrected chi connectivity index (χ2v) is 8.58. The largest absolute Gasteiger partial charge is 0.193 e. The van der Waals surface area contributed by atoms with Gasteiger partial charge in [0, 0.05) is 6.08 Å². The molecular formula is C25H39N. The zero-order valence-corrected chi connectivity index (χ0v) is 16.9. The van der Waals surface area contributed by atoms with Gasteiger partial charge in [0.25, 0.3) is 0 Å². The van der Waals surface area contributed by atoms with Gasteiger partial charge in [0.05, 0.1) is 6.07 Å². The van der Waals surface area contributed by atoms with Crippen molar-refractivity contribution in [3.8, 4) is 6.07 Å². The van der Waals surface area contributed by atoms with E-state index in [0.29, 0.717) is 0 Å². The molecular weight excluding hydrogens is 314 g/mol. The first-order valence-electron chi connectivity index (χ1n) is 11.2. The van der Waals surface area contributed by atoms with Crippen LogP contribution in [-0.4, -0.2) is 0 Å². The van der Waals surface area contributed by atoms with Crippen LogP contribution >= 0.6 is 0 Å². The first kappa shape index (κ1) is 21.0. The van der Waals surface area contributed by atoms with Crippen molar-refractivity contribution in [3.05, 3.63) is 36.5 Å². The van der Waals surface area contributed by atoms with E-state index in [-0.39, 0.29) is 0 Å². The van der Waals surface area contributed by atoms with Gasteiger partial charge in [0.1, 0.15) is 0 Å². The second kappa shape index (κ2) is 13.0. The van der Waals surface area contributed by atoms with E-state index < -0.39 is 0 Å². The van der Waals surface area contributed by atoms with E-state index in [1.165, 1.54) is 83.1 Å². The third kappa shape index (κ3) is 8.39. The highest BCUT2D eigenvalue weighted by Gasteiger charge is 2.21. The van der Waals surface area contributed by atoms with Crippen LogP contribution in [0.2, 0.25) is 0 Å². The van der Waals surface area contributed by atoms with Gasteiger partial charge < -0.3 is 0 Å². The van der Waals surface area contributed by atoms with Gasteiger partial charge in [-0.2, -0.15) is 5.26 Å². The molecule has 0 atom stereocenters.